The van der Waals surface area contributed by atoms with Crippen LogP contribution in [-0.2, 0) is 21.2 Å². The van der Waals surface area contributed by atoms with Crippen LogP contribution < -0.4 is 0 Å². The van der Waals surface area contributed by atoms with Gasteiger partial charge in [-0.05, 0) is 74.1 Å². The van der Waals surface area contributed by atoms with Crippen molar-refractivity contribution < 1.29 is 22.4 Å². The molecule has 0 radical (unpaired) electrons. The number of carbonyl (C=O) groups excluding carboxylic acids is 1. The Morgan fingerprint density at radius 3 is 2.28 bits per heavy atom. The molecule has 0 amide bonds. The lowest BCUT2D eigenvalue weighted by Gasteiger charge is -2.31. The average molecular weight is 613 g/mol. The summed E-state index contributed by atoms with van der Waals surface area (Å²) >= 11 is 1.46. The van der Waals surface area contributed by atoms with E-state index in [-0.39, 0.29) is 5.97 Å². The Balaban J connectivity index is 1.09. The number of sulfonamides is 1. The zero-order valence-electron chi connectivity index (χ0n) is 23.8. The first-order valence-electron chi connectivity index (χ1n) is 14.4. The number of esters is 1. The van der Waals surface area contributed by atoms with Gasteiger partial charge in [0.25, 0.3) is 0 Å². The Hall–Kier alpha value is -4.05. The minimum absolute atomic E-state index is 0.304. The maximum Gasteiger partial charge on any atom is 0.338 e. The molecule has 0 unspecified atom stereocenters. The standard InChI is InChI=1S/C34H32N2O5S2/c1-2-40-34(37)28-10-8-27(9-11-28)31-16-17-32(41-31)33-35-30(23-42-33)26-12-14-29(15-13-26)43(38,39)36-20-18-25(19-21-36)22-24-6-4-3-5-7-24/h3-17,23,25H,2,18-22H2,1H3. The van der Waals surface area contributed by atoms with Crippen LogP contribution in [-0.4, -0.2) is 43.4 Å². The van der Waals surface area contributed by atoms with Gasteiger partial charge in [-0.2, -0.15) is 4.31 Å². The molecule has 43 heavy (non-hydrogen) atoms. The molecule has 0 aliphatic carbocycles. The highest BCUT2D eigenvalue weighted by atomic mass is 32.2. The average Bonchev–Trinajstić information content (AvgIpc) is 3.73. The molecule has 1 fully saturated rings. The second kappa shape index (κ2) is 12.7. The number of hydrogen-bond acceptors (Lipinski definition) is 7. The van der Waals surface area contributed by atoms with Crippen molar-refractivity contribution in [2.75, 3.05) is 19.7 Å². The van der Waals surface area contributed by atoms with Crippen molar-refractivity contribution in [1.82, 2.24) is 9.29 Å². The molecule has 3 aromatic carbocycles. The summed E-state index contributed by atoms with van der Waals surface area (Å²) in [4.78, 5) is 17.0. The number of rotatable bonds is 9. The van der Waals surface area contributed by atoms with E-state index in [1.807, 2.05) is 47.8 Å². The first-order valence-corrected chi connectivity index (χ1v) is 16.7. The number of thiazole rings is 1. The van der Waals surface area contributed by atoms with Gasteiger partial charge in [0.05, 0.1) is 22.8 Å². The zero-order chi connectivity index (χ0) is 29.8. The Morgan fingerprint density at radius 2 is 1.58 bits per heavy atom. The van der Waals surface area contributed by atoms with Crippen LogP contribution >= 0.6 is 11.3 Å². The predicted molar refractivity (Wildman–Crippen MR) is 168 cm³/mol. The lowest BCUT2D eigenvalue weighted by atomic mass is 9.91. The van der Waals surface area contributed by atoms with Crippen LogP contribution in [0.4, 0.5) is 0 Å². The minimum Gasteiger partial charge on any atom is -0.462 e. The molecule has 0 saturated carbocycles. The van der Waals surface area contributed by atoms with Gasteiger partial charge in [0.2, 0.25) is 10.0 Å². The van der Waals surface area contributed by atoms with Crippen molar-refractivity contribution in [3.63, 3.8) is 0 Å². The van der Waals surface area contributed by atoms with E-state index in [0.717, 1.165) is 41.1 Å². The molecule has 0 N–H and O–H groups in total. The summed E-state index contributed by atoms with van der Waals surface area (Å²) in [5.74, 6) is 1.45. The molecule has 5 aromatic rings. The number of piperidine rings is 1. The second-order valence-corrected chi connectivity index (χ2v) is 13.4. The fourth-order valence-corrected chi connectivity index (χ4v) is 7.62. The van der Waals surface area contributed by atoms with E-state index in [1.54, 1.807) is 35.5 Å². The third-order valence-corrected chi connectivity index (χ3v) is 10.5. The van der Waals surface area contributed by atoms with Crippen LogP contribution in [0.25, 0.3) is 33.3 Å². The third kappa shape index (κ3) is 6.49. The summed E-state index contributed by atoms with van der Waals surface area (Å²) in [5, 5.41) is 2.66. The zero-order valence-corrected chi connectivity index (χ0v) is 25.4. The van der Waals surface area contributed by atoms with Gasteiger partial charge in [-0.15, -0.1) is 11.3 Å². The molecular weight excluding hydrogens is 581 g/mol. The van der Waals surface area contributed by atoms with Crippen molar-refractivity contribution in [3.8, 4) is 33.3 Å². The molecule has 0 bridgehead atoms. The highest BCUT2D eigenvalue weighted by Gasteiger charge is 2.29. The summed E-state index contributed by atoms with van der Waals surface area (Å²) in [5.41, 5.74) is 4.23. The van der Waals surface area contributed by atoms with Crippen molar-refractivity contribution >= 4 is 27.3 Å². The maximum absolute atomic E-state index is 13.4. The molecular formula is C34H32N2O5S2. The van der Waals surface area contributed by atoms with E-state index in [1.165, 1.54) is 16.9 Å². The molecule has 0 atom stereocenters. The molecule has 220 valence electrons. The molecule has 3 heterocycles. The second-order valence-electron chi connectivity index (χ2n) is 10.6. The number of hydrogen-bond donors (Lipinski definition) is 0. The Morgan fingerprint density at radius 1 is 0.907 bits per heavy atom. The molecule has 1 aliphatic heterocycles. The van der Waals surface area contributed by atoms with Gasteiger partial charge in [0.1, 0.15) is 5.76 Å². The number of nitrogens with zero attached hydrogens (tertiary/aromatic N) is 2. The van der Waals surface area contributed by atoms with Gasteiger partial charge in [-0.3, -0.25) is 0 Å². The number of carbonyl (C=O) groups is 1. The smallest absolute Gasteiger partial charge is 0.338 e. The molecule has 9 heteroatoms. The summed E-state index contributed by atoms with van der Waals surface area (Å²) in [6, 6.07) is 28.2. The summed E-state index contributed by atoms with van der Waals surface area (Å²) in [7, 11) is -3.55. The molecule has 7 nitrogen and oxygen atoms in total. The number of ether oxygens (including phenoxy) is 1. The van der Waals surface area contributed by atoms with Gasteiger partial charge in [0.15, 0.2) is 10.8 Å². The Labute approximate surface area is 255 Å². The summed E-state index contributed by atoms with van der Waals surface area (Å²) < 4.78 is 39.5. The highest BCUT2D eigenvalue weighted by molar-refractivity contribution is 7.89. The summed E-state index contributed by atoms with van der Waals surface area (Å²) in [6.07, 6.45) is 2.71. The van der Waals surface area contributed by atoms with E-state index in [4.69, 9.17) is 14.1 Å². The molecule has 1 aliphatic rings. The number of furan rings is 1. The predicted octanol–water partition coefficient (Wildman–Crippen LogP) is 7.56. The molecule has 1 saturated heterocycles. The van der Waals surface area contributed by atoms with Gasteiger partial charge in [0, 0.05) is 29.6 Å². The number of benzene rings is 3. The third-order valence-electron chi connectivity index (χ3n) is 7.73. The van der Waals surface area contributed by atoms with Crippen molar-refractivity contribution in [2.45, 2.75) is 31.1 Å². The Kier molecular flexibility index (Phi) is 8.56. The normalized spacial score (nSPS) is 14.5. The number of aromatic nitrogens is 1. The van der Waals surface area contributed by atoms with E-state index in [2.05, 4.69) is 24.3 Å². The van der Waals surface area contributed by atoms with Gasteiger partial charge < -0.3 is 9.15 Å². The van der Waals surface area contributed by atoms with Crippen LogP contribution in [0, 0.1) is 5.92 Å². The first-order chi connectivity index (χ1) is 20.9. The first kappa shape index (κ1) is 29.0. The van der Waals surface area contributed by atoms with Crippen molar-refractivity contribution in [1.29, 1.82) is 0 Å². The van der Waals surface area contributed by atoms with Crippen LogP contribution in [0.1, 0.15) is 35.7 Å². The van der Waals surface area contributed by atoms with Gasteiger partial charge in [-0.1, -0.05) is 54.6 Å². The van der Waals surface area contributed by atoms with Crippen LogP contribution in [0.3, 0.4) is 0 Å². The molecule has 2 aromatic heterocycles. The lowest BCUT2D eigenvalue weighted by Crippen LogP contribution is -2.38. The monoisotopic (exact) mass is 612 g/mol. The van der Waals surface area contributed by atoms with Gasteiger partial charge in [-0.25, -0.2) is 18.2 Å². The largest absolute Gasteiger partial charge is 0.462 e. The van der Waals surface area contributed by atoms with Gasteiger partial charge >= 0.3 is 5.97 Å². The van der Waals surface area contributed by atoms with Crippen molar-refractivity contribution in [3.05, 3.63) is 108 Å². The van der Waals surface area contributed by atoms with E-state index >= 15 is 0 Å². The van der Waals surface area contributed by atoms with Crippen LogP contribution in [0.15, 0.2) is 106 Å². The summed E-state index contributed by atoms with van der Waals surface area (Å²) in [6.45, 7) is 3.18. The van der Waals surface area contributed by atoms with Crippen LogP contribution in [0.2, 0.25) is 0 Å². The van der Waals surface area contributed by atoms with E-state index in [0.29, 0.717) is 47.6 Å². The maximum atomic E-state index is 13.4. The topological polar surface area (TPSA) is 89.7 Å². The van der Waals surface area contributed by atoms with E-state index in [9.17, 15) is 13.2 Å². The lowest BCUT2D eigenvalue weighted by molar-refractivity contribution is 0.0526. The SMILES string of the molecule is CCOC(=O)c1ccc(-c2ccc(-c3nc(-c4ccc(S(=O)(=O)N5CCC(Cc6ccccc6)CC5)cc4)cs3)o2)cc1. The highest BCUT2D eigenvalue weighted by Crippen LogP contribution is 2.34. The van der Waals surface area contributed by atoms with E-state index < -0.39 is 10.0 Å². The minimum atomic E-state index is -3.55. The Bertz CT molecular complexity index is 1790. The van der Waals surface area contributed by atoms with Crippen molar-refractivity contribution in [2.24, 2.45) is 5.92 Å². The molecule has 0 spiro atoms. The quantitative estimate of drug-likeness (QED) is 0.160. The molecule has 6 rings (SSSR count). The fourth-order valence-electron chi connectivity index (χ4n) is 5.36. The van der Waals surface area contributed by atoms with Crippen LogP contribution in [0.5, 0.6) is 0 Å². The fraction of sp³-hybridized carbons (Fsp3) is 0.235.